The van der Waals surface area contributed by atoms with Crippen LogP contribution < -0.4 is 4.90 Å². The number of benzene rings is 3. The monoisotopic (exact) mass is 682 g/mol. The van der Waals surface area contributed by atoms with Gasteiger partial charge in [-0.2, -0.15) is 0 Å². The average molecular weight is 684 g/mol. The van der Waals surface area contributed by atoms with E-state index in [1.165, 1.54) is 10.5 Å². The molecule has 1 saturated carbocycles. The minimum absolute atomic E-state index is 0.127. The molecule has 3 aliphatic rings. The molecule has 4 unspecified atom stereocenters. The van der Waals surface area contributed by atoms with Crippen molar-refractivity contribution in [2.45, 2.75) is 26.7 Å². The molecule has 4 atom stereocenters. The van der Waals surface area contributed by atoms with Gasteiger partial charge in [0.15, 0.2) is 12.4 Å². The Hall–Kier alpha value is -4.14. The fourth-order valence-electron chi connectivity index (χ4n) is 7.18. The molecule has 226 valence electrons. The average Bonchev–Trinajstić information content (AvgIpc) is 3.68. The van der Waals surface area contributed by atoms with E-state index in [2.05, 4.69) is 28.9 Å². The Morgan fingerprint density at radius 1 is 1.00 bits per heavy atom. The molecule has 0 spiro atoms. The summed E-state index contributed by atoms with van der Waals surface area (Å²) in [6.07, 6.45) is 3.72. The van der Waals surface area contributed by atoms with E-state index < -0.39 is 12.6 Å². The first-order chi connectivity index (χ1) is 21.6. The highest BCUT2D eigenvalue weighted by Gasteiger charge is 2.60. The zero-order valence-electron chi connectivity index (χ0n) is 24.6. The van der Waals surface area contributed by atoms with Crippen molar-refractivity contribution in [3.8, 4) is 11.3 Å². The molecule has 4 aromatic rings. The number of carbonyl (C=O) groups excluding carboxylic acids is 4. The molecule has 2 aliphatic carbocycles. The fraction of sp³-hybridized carbons (Fsp3) is 0.250. The van der Waals surface area contributed by atoms with Crippen LogP contribution in [0.15, 0.2) is 82.9 Å². The number of amides is 2. The van der Waals surface area contributed by atoms with Crippen LogP contribution in [-0.4, -0.2) is 35.2 Å². The molecule has 2 heterocycles. The number of hydrogen-bond acceptors (Lipinski definition) is 6. The lowest BCUT2D eigenvalue weighted by molar-refractivity contribution is -0.123. The van der Waals surface area contributed by atoms with E-state index in [-0.39, 0.29) is 46.8 Å². The van der Waals surface area contributed by atoms with Gasteiger partial charge in [0.2, 0.25) is 11.8 Å². The number of aromatic nitrogens is 1. The third-order valence-electron chi connectivity index (χ3n) is 9.36. The van der Waals surface area contributed by atoms with Gasteiger partial charge in [0.05, 0.1) is 34.3 Å². The highest BCUT2D eigenvalue weighted by Crippen LogP contribution is 2.56. The van der Waals surface area contributed by atoms with Gasteiger partial charge in [-0.3, -0.25) is 19.3 Å². The molecule has 2 fully saturated rings. The molecule has 0 radical (unpaired) electrons. The molecule has 3 aromatic carbocycles. The van der Waals surface area contributed by atoms with Crippen LogP contribution in [-0.2, 0) is 20.7 Å². The van der Waals surface area contributed by atoms with E-state index in [0.29, 0.717) is 44.9 Å². The van der Waals surface area contributed by atoms with Gasteiger partial charge in [0.25, 0.3) is 0 Å². The first-order valence-corrected chi connectivity index (χ1v) is 16.1. The van der Waals surface area contributed by atoms with E-state index in [1.54, 1.807) is 54.6 Å². The van der Waals surface area contributed by atoms with Gasteiger partial charge >= 0.3 is 5.97 Å². The van der Waals surface area contributed by atoms with Gasteiger partial charge < -0.3 is 4.74 Å². The predicted octanol–water partition coefficient (Wildman–Crippen LogP) is 7.62. The summed E-state index contributed by atoms with van der Waals surface area (Å²) in [6, 6.07) is 18.9. The van der Waals surface area contributed by atoms with Crippen molar-refractivity contribution >= 4 is 67.7 Å². The molecule has 7 rings (SSSR count). The number of ether oxygens (including phenoxy) is 1. The molecule has 2 amide bonds. The minimum atomic E-state index is -0.652. The predicted molar refractivity (Wildman–Crippen MR) is 175 cm³/mol. The highest BCUT2D eigenvalue weighted by atomic mass is 79.9. The van der Waals surface area contributed by atoms with Crippen LogP contribution >= 0.6 is 27.5 Å². The van der Waals surface area contributed by atoms with Crippen molar-refractivity contribution in [3.05, 3.63) is 105 Å². The van der Waals surface area contributed by atoms with E-state index >= 15 is 0 Å². The lowest BCUT2D eigenvalue weighted by Gasteiger charge is -2.19. The number of anilines is 1. The van der Waals surface area contributed by atoms with E-state index in [4.69, 9.17) is 21.3 Å². The van der Waals surface area contributed by atoms with Crippen molar-refractivity contribution in [2.24, 2.45) is 23.7 Å². The summed E-state index contributed by atoms with van der Waals surface area (Å²) in [7, 11) is 0. The van der Waals surface area contributed by atoms with Gasteiger partial charge in [-0.1, -0.05) is 58.2 Å². The molecule has 0 N–H and O–H groups in total. The van der Waals surface area contributed by atoms with Crippen LogP contribution in [0.2, 0.25) is 5.02 Å². The number of imide groups is 1. The van der Waals surface area contributed by atoms with Crippen molar-refractivity contribution in [1.29, 1.82) is 0 Å². The first-order valence-electron chi connectivity index (χ1n) is 14.9. The van der Waals surface area contributed by atoms with E-state index in [1.807, 2.05) is 19.1 Å². The van der Waals surface area contributed by atoms with Crippen LogP contribution in [0.3, 0.4) is 0 Å². The van der Waals surface area contributed by atoms with E-state index in [0.717, 1.165) is 16.5 Å². The number of esters is 1. The van der Waals surface area contributed by atoms with Gasteiger partial charge in [-0.05, 0) is 91.8 Å². The Morgan fingerprint density at radius 3 is 2.42 bits per heavy atom. The zero-order valence-corrected chi connectivity index (χ0v) is 26.9. The lowest BCUT2D eigenvalue weighted by atomic mass is 9.82. The fourth-order valence-corrected chi connectivity index (χ4v) is 7.82. The molecule has 1 aromatic heterocycles. The van der Waals surface area contributed by atoms with Crippen LogP contribution in [0.25, 0.3) is 22.2 Å². The molecule has 9 heteroatoms. The second-order valence-corrected chi connectivity index (χ2v) is 13.3. The largest absolute Gasteiger partial charge is 0.454 e. The number of Topliss-reactive ketones (excluding diaryl/α,β-unsaturated/α-hetero) is 1. The van der Waals surface area contributed by atoms with Crippen LogP contribution in [0.4, 0.5) is 5.69 Å². The maximum absolute atomic E-state index is 13.5. The van der Waals surface area contributed by atoms with E-state index in [9.17, 15) is 19.2 Å². The summed E-state index contributed by atoms with van der Waals surface area (Å²) in [5.74, 6) is -1.53. The lowest BCUT2D eigenvalue weighted by Crippen LogP contribution is -2.32. The Labute approximate surface area is 273 Å². The Kier molecular flexibility index (Phi) is 7.45. The van der Waals surface area contributed by atoms with Crippen molar-refractivity contribution in [2.75, 3.05) is 11.5 Å². The summed E-state index contributed by atoms with van der Waals surface area (Å²) in [5.41, 5.74) is 5.21. The highest BCUT2D eigenvalue weighted by molar-refractivity contribution is 9.10. The maximum atomic E-state index is 13.5. The van der Waals surface area contributed by atoms with Gasteiger partial charge in [0.1, 0.15) is 0 Å². The second-order valence-electron chi connectivity index (χ2n) is 11.9. The summed E-state index contributed by atoms with van der Waals surface area (Å²) in [5, 5.41) is 1.11. The summed E-state index contributed by atoms with van der Waals surface area (Å²) >= 11 is 9.48. The molecule has 45 heavy (non-hydrogen) atoms. The third kappa shape index (κ3) is 5.00. The molecule has 1 aliphatic heterocycles. The summed E-state index contributed by atoms with van der Waals surface area (Å²) in [6.45, 7) is 3.63. The molecular formula is C36H28BrClN2O5. The van der Waals surface area contributed by atoms with Crippen LogP contribution in [0, 0.1) is 23.7 Å². The zero-order chi connectivity index (χ0) is 31.6. The number of ketones is 1. The smallest absolute Gasteiger partial charge is 0.339 e. The standard InChI is InChI=1S/C36H28BrClN2O5/c1-3-19-13-23(37)15-27-28(36(44)45-17-30(41)21-4-8-24(38)9-5-21)16-29(39-33(19)27)20-6-10-25(11-7-20)40-34(42)31-22-12-18(2)26(14-22)32(31)35(40)43/h4-13,15-16,22,26,31-32H,3,14,17H2,1-2H3. The molecule has 7 nitrogen and oxygen atoms in total. The second kappa shape index (κ2) is 11.3. The number of allylic oxidation sites excluding steroid dienone is 2. The van der Waals surface area contributed by atoms with Crippen LogP contribution in [0.1, 0.15) is 46.5 Å². The topological polar surface area (TPSA) is 93.6 Å². The van der Waals surface area contributed by atoms with Gasteiger partial charge in [-0.15, -0.1) is 0 Å². The van der Waals surface area contributed by atoms with Gasteiger partial charge in [0, 0.05) is 26.0 Å². The normalized spacial score (nSPS) is 21.8. The number of aryl methyl sites for hydroxylation is 1. The molecule has 1 saturated heterocycles. The number of nitrogens with zero attached hydrogens (tertiary/aromatic N) is 2. The first kappa shape index (κ1) is 29.6. The van der Waals surface area contributed by atoms with Gasteiger partial charge in [-0.25, -0.2) is 9.78 Å². The Morgan fingerprint density at radius 2 is 1.71 bits per heavy atom. The van der Waals surface area contributed by atoms with Crippen LogP contribution in [0.5, 0.6) is 0 Å². The minimum Gasteiger partial charge on any atom is -0.454 e. The molecule has 2 bridgehead atoms. The summed E-state index contributed by atoms with van der Waals surface area (Å²) in [4.78, 5) is 59.3. The molecular weight excluding hydrogens is 656 g/mol. The number of carbonyl (C=O) groups is 4. The maximum Gasteiger partial charge on any atom is 0.339 e. The third-order valence-corrected chi connectivity index (χ3v) is 10.1. The SMILES string of the molecule is CCc1cc(Br)cc2c(C(=O)OCC(=O)c3ccc(Cl)cc3)cc(-c3ccc(N4C(=O)C5C6C=C(C)C(C6)C5C4=O)cc3)nc12. The Balaban J connectivity index is 1.20. The number of rotatable bonds is 7. The number of pyridine rings is 1. The number of fused-ring (bicyclic) bond motifs is 6. The number of hydrogen-bond donors (Lipinski definition) is 0. The van der Waals surface area contributed by atoms with Crippen molar-refractivity contribution in [1.82, 2.24) is 4.98 Å². The van der Waals surface area contributed by atoms with Crippen molar-refractivity contribution in [3.63, 3.8) is 0 Å². The Bertz CT molecular complexity index is 1950. The quantitative estimate of drug-likeness (QED) is 0.0861. The van der Waals surface area contributed by atoms with Crippen molar-refractivity contribution < 1.29 is 23.9 Å². The number of halogens is 2. The summed E-state index contributed by atoms with van der Waals surface area (Å²) < 4.78 is 6.30.